The van der Waals surface area contributed by atoms with Crippen molar-refractivity contribution in [2.45, 2.75) is 46.1 Å². The first-order valence-corrected chi connectivity index (χ1v) is 7.19. The van der Waals surface area contributed by atoms with E-state index >= 15 is 0 Å². The number of rotatable bonds is 6. The zero-order valence-electron chi connectivity index (χ0n) is 12.2. The minimum absolute atomic E-state index is 0.463. The molecule has 19 heavy (non-hydrogen) atoms. The van der Waals surface area contributed by atoms with Crippen LogP contribution in [0.15, 0.2) is 24.3 Å². The number of benzene rings is 1. The third kappa shape index (κ3) is 5.12. The summed E-state index contributed by atoms with van der Waals surface area (Å²) in [5.74, 6) is 0.926. The fraction of sp³-hybridized carbons (Fsp3) is 0.562. The predicted octanol–water partition coefficient (Wildman–Crippen LogP) is 5.11. The number of hydrogen-bond donors (Lipinski definition) is 1. The lowest BCUT2D eigenvalue weighted by Gasteiger charge is -2.32. The molecule has 1 rings (SSSR count). The highest BCUT2D eigenvalue weighted by Gasteiger charge is 2.31. The van der Waals surface area contributed by atoms with E-state index in [1.165, 1.54) is 0 Å². The van der Waals surface area contributed by atoms with Crippen LogP contribution in [0.5, 0.6) is 0 Å². The summed E-state index contributed by atoms with van der Waals surface area (Å²) in [4.78, 5) is 0. The van der Waals surface area contributed by atoms with Crippen LogP contribution in [0.1, 0.15) is 40.5 Å². The summed E-state index contributed by atoms with van der Waals surface area (Å²) in [6, 6.07) is 10.1. The second-order valence-electron chi connectivity index (χ2n) is 6.03. The molecule has 1 N–H and O–H groups in total. The SMILES string of the molecule is CC(C)CC(C#N)(CC(C)C)Nc1cccc(Cl)c1. The second-order valence-corrected chi connectivity index (χ2v) is 6.46. The van der Waals surface area contributed by atoms with Crippen molar-refractivity contribution in [3.8, 4) is 6.07 Å². The van der Waals surface area contributed by atoms with E-state index in [9.17, 15) is 5.26 Å². The Hall–Kier alpha value is -1.20. The van der Waals surface area contributed by atoms with Crippen molar-refractivity contribution in [2.75, 3.05) is 5.32 Å². The van der Waals surface area contributed by atoms with E-state index in [2.05, 4.69) is 39.1 Å². The van der Waals surface area contributed by atoms with Gasteiger partial charge in [0, 0.05) is 10.7 Å². The summed E-state index contributed by atoms with van der Waals surface area (Å²) < 4.78 is 0. The molecule has 0 fully saturated rings. The van der Waals surface area contributed by atoms with E-state index < -0.39 is 5.54 Å². The largest absolute Gasteiger partial charge is 0.367 e. The zero-order chi connectivity index (χ0) is 14.5. The number of halogens is 1. The van der Waals surface area contributed by atoms with E-state index in [0.29, 0.717) is 16.9 Å². The molecule has 1 aromatic carbocycles. The third-order valence-electron chi connectivity index (χ3n) is 2.94. The van der Waals surface area contributed by atoms with Crippen LogP contribution in [0.2, 0.25) is 5.02 Å². The van der Waals surface area contributed by atoms with E-state index in [-0.39, 0.29) is 0 Å². The Morgan fingerprint density at radius 2 is 1.79 bits per heavy atom. The van der Waals surface area contributed by atoms with Gasteiger partial charge in [0.1, 0.15) is 5.54 Å². The first-order chi connectivity index (χ1) is 8.87. The molecule has 0 heterocycles. The van der Waals surface area contributed by atoms with Crippen molar-refractivity contribution in [1.29, 1.82) is 5.26 Å². The predicted molar refractivity (Wildman–Crippen MR) is 82.3 cm³/mol. The smallest absolute Gasteiger partial charge is 0.125 e. The summed E-state index contributed by atoms with van der Waals surface area (Å²) >= 11 is 6.01. The summed E-state index contributed by atoms with van der Waals surface area (Å²) in [7, 11) is 0. The molecule has 2 nitrogen and oxygen atoms in total. The van der Waals surface area contributed by atoms with Gasteiger partial charge in [0.2, 0.25) is 0 Å². The van der Waals surface area contributed by atoms with Crippen LogP contribution >= 0.6 is 11.6 Å². The molecule has 0 aliphatic rings. The van der Waals surface area contributed by atoms with Crippen molar-refractivity contribution in [3.63, 3.8) is 0 Å². The van der Waals surface area contributed by atoms with Crippen LogP contribution in [0.3, 0.4) is 0 Å². The van der Waals surface area contributed by atoms with Gasteiger partial charge in [-0.3, -0.25) is 0 Å². The standard InChI is InChI=1S/C16H23ClN2/c1-12(2)9-16(11-18,10-13(3)4)19-15-7-5-6-14(17)8-15/h5-8,12-13,19H,9-10H2,1-4H3. The maximum atomic E-state index is 9.66. The van der Waals surface area contributed by atoms with Gasteiger partial charge in [-0.25, -0.2) is 0 Å². The van der Waals surface area contributed by atoms with Gasteiger partial charge in [0.25, 0.3) is 0 Å². The molecule has 0 saturated heterocycles. The molecule has 104 valence electrons. The molecule has 0 spiro atoms. The fourth-order valence-electron chi connectivity index (χ4n) is 2.54. The first kappa shape index (κ1) is 15.9. The highest BCUT2D eigenvalue weighted by molar-refractivity contribution is 6.30. The molecule has 0 radical (unpaired) electrons. The van der Waals surface area contributed by atoms with Crippen LogP contribution in [0.4, 0.5) is 5.69 Å². The monoisotopic (exact) mass is 278 g/mol. The van der Waals surface area contributed by atoms with Crippen molar-refractivity contribution >= 4 is 17.3 Å². The molecule has 1 aromatic rings. The maximum Gasteiger partial charge on any atom is 0.125 e. The van der Waals surface area contributed by atoms with E-state index in [1.807, 2.05) is 24.3 Å². The number of hydrogen-bond acceptors (Lipinski definition) is 2. The third-order valence-corrected chi connectivity index (χ3v) is 3.17. The van der Waals surface area contributed by atoms with Gasteiger partial charge >= 0.3 is 0 Å². The summed E-state index contributed by atoms with van der Waals surface area (Å²) in [6.45, 7) is 8.58. The van der Waals surface area contributed by atoms with Gasteiger partial charge in [-0.15, -0.1) is 0 Å². The number of nitriles is 1. The van der Waals surface area contributed by atoms with E-state index in [4.69, 9.17) is 11.6 Å². The molecule has 0 saturated carbocycles. The normalized spacial score (nSPS) is 11.7. The fourth-order valence-corrected chi connectivity index (χ4v) is 2.73. The van der Waals surface area contributed by atoms with Crippen molar-refractivity contribution < 1.29 is 0 Å². The van der Waals surface area contributed by atoms with Crippen LogP contribution < -0.4 is 5.32 Å². The molecule has 0 amide bonds. The lowest BCUT2D eigenvalue weighted by molar-refractivity contribution is 0.376. The second kappa shape index (κ2) is 6.82. The quantitative estimate of drug-likeness (QED) is 0.785. The van der Waals surface area contributed by atoms with Gasteiger partial charge < -0.3 is 5.32 Å². The molecule has 0 bridgehead atoms. The van der Waals surface area contributed by atoms with E-state index in [1.54, 1.807) is 0 Å². The Morgan fingerprint density at radius 1 is 1.21 bits per heavy atom. The minimum Gasteiger partial charge on any atom is -0.367 e. The Kier molecular flexibility index (Phi) is 5.69. The van der Waals surface area contributed by atoms with Crippen molar-refractivity contribution in [2.24, 2.45) is 11.8 Å². The molecule has 0 aliphatic carbocycles. The molecular formula is C16H23ClN2. The lowest BCUT2D eigenvalue weighted by atomic mass is 9.82. The molecule has 0 aliphatic heterocycles. The maximum absolute atomic E-state index is 9.66. The van der Waals surface area contributed by atoms with Gasteiger partial charge in [0.15, 0.2) is 0 Å². The lowest BCUT2D eigenvalue weighted by Crippen LogP contribution is -2.39. The topological polar surface area (TPSA) is 35.8 Å². The first-order valence-electron chi connectivity index (χ1n) is 6.82. The highest BCUT2D eigenvalue weighted by Crippen LogP contribution is 2.29. The van der Waals surface area contributed by atoms with Crippen molar-refractivity contribution in [1.82, 2.24) is 0 Å². The van der Waals surface area contributed by atoms with E-state index in [0.717, 1.165) is 18.5 Å². The van der Waals surface area contributed by atoms with Crippen LogP contribution in [0.25, 0.3) is 0 Å². The van der Waals surface area contributed by atoms with Gasteiger partial charge in [-0.05, 0) is 42.9 Å². The van der Waals surface area contributed by atoms with Crippen molar-refractivity contribution in [3.05, 3.63) is 29.3 Å². The number of nitrogens with one attached hydrogen (secondary N) is 1. The van der Waals surface area contributed by atoms with Crippen LogP contribution in [-0.4, -0.2) is 5.54 Å². The molecule has 0 unspecified atom stereocenters. The Labute approximate surface area is 121 Å². The van der Waals surface area contributed by atoms with Crippen LogP contribution in [0, 0.1) is 23.2 Å². The zero-order valence-corrected chi connectivity index (χ0v) is 13.0. The molecular weight excluding hydrogens is 256 g/mol. The summed E-state index contributed by atoms with van der Waals surface area (Å²) in [5.41, 5.74) is 0.392. The summed E-state index contributed by atoms with van der Waals surface area (Å²) in [5, 5.41) is 13.7. The Morgan fingerprint density at radius 3 is 2.21 bits per heavy atom. The average molecular weight is 279 g/mol. The Bertz CT molecular complexity index is 436. The molecule has 3 heteroatoms. The van der Waals surface area contributed by atoms with Crippen LogP contribution in [-0.2, 0) is 0 Å². The number of anilines is 1. The number of nitrogens with zero attached hydrogens (tertiary/aromatic N) is 1. The summed E-state index contributed by atoms with van der Waals surface area (Å²) in [6.07, 6.45) is 1.66. The minimum atomic E-state index is -0.521. The van der Waals surface area contributed by atoms with Gasteiger partial charge in [-0.1, -0.05) is 45.4 Å². The highest BCUT2D eigenvalue weighted by atomic mass is 35.5. The average Bonchev–Trinajstić information content (AvgIpc) is 2.26. The van der Waals surface area contributed by atoms with Gasteiger partial charge in [0.05, 0.1) is 6.07 Å². The Balaban J connectivity index is 2.99. The molecule has 0 atom stereocenters. The molecule has 0 aromatic heterocycles. The van der Waals surface area contributed by atoms with Gasteiger partial charge in [-0.2, -0.15) is 5.26 Å².